The van der Waals surface area contributed by atoms with Gasteiger partial charge in [-0.3, -0.25) is 4.79 Å². The minimum Gasteiger partial charge on any atom is -0.497 e. The van der Waals surface area contributed by atoms with Crippen LogP contribution in [0.1, 0.15) is 24.3 Å². The summed E-state index contributed by atoms with van der Waals surface area (Å²) in [4.78, 5) is 11.8. The van der Waals surface area contributed by atoms with Crippen LogP contribution in [0.2, 0.25) is 0 Å². The number of amides is 1. The number of hydrogen-bond acceptors (Lipinski definition) is 3. The van der Waals surface area contributed by atoms with Crippen molar-refractivity contribution in [2.24, 2.45) is 0 Å². The van der Waals surface area contributed by atoms with E-state index in [1.165, 1.54) is 0 Å². The first kappa shape index (κ1) is 14.6. The van der Waals surface area contributed by atoms with E-state index in [9.17, 15) is 4.79 Å². The molecule has 1 atom stereocenters. The van der Waals surface area contributed by atoms with Gasteiger partial charge in [0.05, 0.1) is 14.2 Å². The van der Waals surface area contributed by atoms with Crippen molar-refractivity contribution >= 4 is 17.5 Å². The molecule has 0 radical (unpaired) electrons. The topological polar surface area (TPSA) is 47.6 Å². The van der Waals surface area contributed by atoms with Crippen LogP contribution in [0.3, 0.4) is 0 Å². The molecule has 100 valence electrons. The fraction of sp³-hybridized carbons (Fsp3) is 0.462. The Morgan fingerprint density at radius 1 is 1.28 bits per heavy atom. The highest BCUT2D eigenvalue weighted by molar-refractivity contribution is 6.30. The summed E-state index contributed by atoms with van der Waals surface area (Å²) >= 11 is 6.13. The summed E-state index contributed by atoms with van der Waals surface area (Å²) in [5.41, 5.74) is 0.654. The number of nitrogens with one attached hydrogen (secondary N) is 1. The number of alkyl halides is 1. The van der Waals surface area contributed by atoms with Crippen LogP contribution in [-0.2, 0) is 4.79 Å². The Balaban J connectivity index is 2.90. The summed E-state index contributed by atoms with van der Waals surface area (Å²) < 4.78 is 10.3. The van der Waals surface area contributed by atoms with Gasteiger partial charge in [0.1, 0.15) is 16.9 Å². The molecular formula is C13H18ClNO3. The van der Waals surface area contributed by atoms with Gasteiger partial charge in [-0.2, -0.15) is 0 Å². The molecule has 0 aromatic heterocycles. The zero-order valence-electron chi connectivity index (χ0n) is 10.8. The summed E-state index contributed by atoms with van der Waals surface area (Å²) in [6.07, 6.45) is 0.872. The number of halogens is 1. The second kappa shape index (κ2) is 7.11. The quantitative estimate of drug-likeness (QED) is 0.809. The predicted octanol–water partition coefficient (Wildman–Crippen LogP) is 2.51. The van der Waals surface area contributed by atoms with Gasteiger partial charge in [0.15, 0.2) is 0 Å². The van der Waals surface area contributed by atoms with E-state index >= 15 is 0 Å². The molecule has 0 aliphatic carbocycles. The molecule has 1 aromatic rings. The molecule has 4 nitrogen and oxygen atoms in total. The van der Waals surface area contributed by atoms with Gasteiger partial charge in [-0.25, -0.2) is 0 Å². The lowest BCUT2D eigenvalue weighted by Gasteiger charge is -2.13. The molecular weight excluding hydrogens is 254 g/mol. The summed E-state index contributed by atoms with van der Waals surface area (Å²) in [6.45, 7) is 2.60. The van der Waals surface area contributed by atoms with Crippen LogP contribution in [0.15, 0.2) is 18.2 Å². The highest BCUT2D eigenvalue weighted by atomic mass is 35.5. The third-order valence-electron chi connectivity index (χ3n) is 2.45. The molecule has 1 N–H and O–H groups in total. The number of carbonyl (C=O) groups excluding carboxylic acids is 1. The fourth-order valence-corrected chi connectivity index (χ4v) is 1.67. The Morgan fingerprint density at radius 2 is 1.83 bits per heavy atom. The summed E-state index contributed by atoms with van der Waals surface area (Å²) in [6, 6.07) is 5.19. The lowest BCUT2D eigenvalue weighted by molar-refractivity contribution is -0.120. The molecule has 0 aliphatic rings. The van der Waals surface area contributed by atoms with Crippen LogP contribution in [0.25, 0.3) is 0 Å². The zero-order valence-corrected chi connectivity index (χ0v) is 11.6. The fourth-order valence-electron chi connectivity index (χ4n) is 1.46. The van der Waals surface area contributed by atoms with E-state index in [4.69, 9.17) is 21.1 Å². The molecule has 0 aliphatic heterocycles. The van der Waals surface area contributed by atoms with Crippen molar-refractivity contribution in [3.63, 3.8) is 0 Å². The first-order valence-corrected chi connectivity index (χ1v) is 6.20. The molecule has 5 heteroatoms. The third kappa shape index (κ3) is 3.81. The lowest BCUT2D eigenvalue weighted by atomic mass is 10.1. The molecule has 18 heavy (non-hydrogen) atoms. The van der Waals surface area contributed by atoms with Gasteiger partial charge in [0.2, 0.25) is 5.91 Å². The smallest absolute Gasteiger partial charge is 0.242 e. The molecule has 1 rings (SSSR count). The van der Waals surface area contributed by atoms with Gasteiger partial charge in [-0.15, -0.1) is 11.6 Å². The average molecular weight is 272 g/mol. The molecule has 0 saturated carbocycles. The van der Waals surface area contributed by atoms with Crippen molar-refractivity contribution in [3.8, 4) is 11.5 Å². The number of methoxy groups -OCH3 is 2. The second-order valence-electron chi connectivity index (χ2n) is 3.80. The van der Waals surface area contributed by atoms with E-state index in [0.29, 0.717) is 23.6 Å². The lowest BCUT2D eigenvalue weighted by Crippen LogP contribution is -2.27. The molecule has 1 unspecified atom stereocenters. The monoisotopic (exact) mass is 271 g/mol. The highest BCUT2D eigenvalue weighted by Crippen LogP contribution is 2.29. The first-order chi connectivity index (χ1) is 8.62. The van der Waals surface area contributed by atoms with Crippen LogP contribution in [0, 0.1) is 0 Å². The molecule has 0 spiro atoms. The average Bonchev–Trinajstić information content (AvgIpc) is 2.43. The van der Waals surface area contributed by atoms with Gasteiger partial charge < -0.3 is 14.8 Å². The van der Waals surface area contributed by atoms with Gasteiger partial charge in [-0.05, 0) is 24.1 Å². The van der Waals surface area contributed by atoms with Crippen molar-refractivity contribution in [1.82, 2.24) is 5.32 Å². The molecule has 1 amide bonds. The number of rotatable bonds is 6. The minimum absolute atomic E-state index is 0.214. The Kier molecular flexibility index (Phi) is 5.78. The number of hydrogen-bond donors (Lipinski definition) is 1. The molecule has 0 saturated heterocycles. The highest BCUT2D eigenvalue weighted by Gasteiger charge is 2.18. The number of benzene rings is 1. The summed E-state index contributed by atoms with van der Waals surface area (Å²) in [5.74, 6) is 1.01. The van der Waals surface area contributed by atoms with Crippen LogP contribution < -0.4 is 14.8 Å². The number of ether oxygens (including phenoxy) is 2. The van der Waals surface area contributed by atoms with Gasteiger partial charge in [-0.1, -0.05) is 6.92 Å². The summed E-state index contributed by atoms with van der Waals surface area (Å²) in [5, 5.41) is 2.00. The van der Waals surface area contributed by atoms with E-state index in [1.807, 2.05) is 6.92 Å². The standard InChI is InChI=1S/C13H18ClNO3/c1-4-5-15-13(16)12(14)9-6-10(17-2)8-11(7-9)18-3/h6-8,12H,4-5H2,1-3H3,(H,15,16). The van der Waals surface area contributed by atoms with Gasteiger partial charge in [0, 0.05) is 12.6 Å². The Labute approximate surface area is 112 Å². The third-order valence-corrected chi connectivity index (χ3v) is 2.90. The zero-order chi connectivity index (χ0) is 13.5. The second-order valence-corrected chi connectivity index (χ2v) is 4.24. The SMILES string of the molecule is CCCNC(=O)C(Cl)c1cc(OC)cc(OC)c1. The van der Waals surface area contributed by atoms with Crippen molar-refractivity contribution in [2.75, 3.05) is 20.8 Å². The maximum absolute atomic E-state index is 11.8. The first-order valence-electron chi connectivity index (χ1n) is 5.77. The Bertz CT molecular complexity index is 387. The van der Waals surface area contributed by atoms with Crippen molar-refractivity contribution in [2.45, 2.75) is 18.7 Å². The van der Waals surface area contributed by atoms with Crippen molar-refractivity contribution in [1.29, 1.82) is 0 Å². The van der Waals surface area contributed by atoms with Crippen molar-refractivity contribution in [3.05, 3.63) is 23.8 Å². The minimum atomic E-state index is -0.749. The molecule has 0 heterocycles. The maximum atomic E-state index is 11.8. The van der Waals surface area contributed by atoms with Crippen LogP contribution in [0.5, 0.6) is 11.5 Å². The van der Waals surface area contributed by atoms with E-state index in [1.54, 1.807) is 32.4 Å². The summed E-state index contributed by atoms with van der Waals surface area (Å²) in [7, 11) is 3.11. The predicted molar refractivity (Wildman–Crippen MR) is 71.4 cm³/mol. The Morgan fingerprint density at radius 3 is 2.28 bits per heavy atom. The van der Waals surface area contributed by atoms with E-state index in [-0.39, 0.29) is 5.91 Å². The van der Waals surface area contributed by atoms with Crippen LogP contribution in [-0.4, -0.2) is 26.7 Å². The molecule has 0 fully saturated rings. The molecule has 1 aromatic carbocycles. The Hall–Kier alpha value is -1.42. The normalized spacial score (nSPS) is 11.8. The van der Waals surface area contributed by atoms with Crippen LogP contribution >= 0.6 is 11.6 Å². The van der Waals surface area contributed by atoms with E-state index in [0.717, 1.165) is 6.42 Å². The molecule has 0 bridgehead atoms. The van der Waals surface area contributed by atoms with E-state index < -0.39 is 5.38 Å². The van der Waals surface area contributed by atoms with Crippen molar-refractivity contribution < 1.29 is 14.3 Å². The van der Waals surface area contributed by atoms with Crippen LogP contribution in [0.4, 0.5) is 0 Å². The largest absolute Gasteiger partial charge is 0.497 e. The van der Waals surface area contributed by atoms with E-state index in [2.05, 4.69) is 5.32 Å². The van der Waals surface area contributed by atoms with Gasteiger partial charge in [0.25, 0.3) is 0 Å². The maximum Gasteiger partial charge on any atom is 0.242 e. The van der Waals surface area contributed by atoms with Gasteiger partial charge >= 0.3 is 0 Å². The number of carbonyl (C=O) groups is 1.